The van der Waals surface area contributed by atoms with Gasteiger partial charge in [0.2, 0.25) is 21.8 Å². The van der Waals surface area contributed by atoms with E-state index in [4.69, 9.17) is 4.74 Å². The standard InChI is InChI=1S/C25H25N3O5S/c1-33-20-10-7-17(8-11-20)16-26-25(30)24(18-5-3-2-4-6-18)28-34(31,32)21-12-13-22-19(15-21)9-14-23(29)27-22/h2-8,10-13,15,24,28H,9,14,16H2,1H3,(H,26,30)(H,27,29)/t24-/m0/s1. The lowest BCUT2D eigenvalue weighted by Gasteiger charge is -2.21. The highest BCUT2D eigenvalue weighted by Crippen LogP contribution is 2.26. The number of sulfonamides is 1. The molecular formula is C25H25N3O5S. The second-order valence-corrected chi connectivity index (χ2v) is 9.61. The minimum Gasteiger partial charge on any atom is -0.497 e. The Morgan fingerprint density at radius 3 is 2.47 bits per heavy atom. The molecule has 0 radical (unpaired) electrons. The third-order valence-electron chi connectivity index (χ3n) is 5.58. The summed E-state index contributed by atoms with van der Waals surface area (Å²) in [5.41, 5.74) is 2.71. The van der Waals surface area contributed by atoms with Gasteiger partial charge in [0.25, 0.3) is 0 Å². The van der Waals surface area contributed by atoms with Gasteiger partial charge in [-0.25, -0.2) is 8.42 Å². The Hall–Kier alpha value is -3.69. The zero-order chi connectivity index (χ0) is 24.1. The second-order valence-electron chi connectivity index (χ2n) is 7.90. The van der Waals surface area contributed by atoms with Crippen molar-refractivity contribution in [3.63, 3.8) is 0 Å². The molecule has 3 aromatic rings. The molecule has 1 heterocycles. The molecule has 0 saturated carbocycles. The van der Waals surface area contributed by atoms with E-state index in [0.29, 0.717) is 29.8 Å². The molecule has 3 N–H and O–H groups in total. The maximum absolute atomic E-state index is 13.2. The van der Waals surface area contributed by atoms with Crippen LogP contribution in [0.2, 0.25) is 0 Å². The van der Waals surface area contributed by atoms with Crippen molar-refractivity contribution in [2.75, 3.05) is 12.4 Å². The van der Waals surface area contributed by atoms with Crippen LogP contribution in [0.3, 0.4) is 0 Å². The van der Waals surface area contributed by atoms with Gasteiger partial charge in [-0.15, -0.1) is 0 Å². The van der Waals surface area contributed by atoms with Crippen molar-refractivity contribution in [1.29, 1.82) is 0 Å². The number of fused-ring (bicyclic) bond motifs is 1. The molecule has 4 rings (SSSR count). The molecule has 34 heavy (non-hydrogen) atoms. The summed E-state index contributed by atoms with van der Waals surface area (Å²) in [6, 6.07) is 19.3. The van der Waals surface area contributed by atoms with Crippen molar-refractivity contribution < 1.29 is 22.7 Å². The van der Waals surface area contributed by atoms with Gasteiger partial charge in [0.15, 0.2) is 0 Å². The molecule has 0 bridgehead atoms. The average molecular weight is 480 g/mol. The number of carbonyl (C=O) groups excluding carboxylic acids is 2. The van der Waals surface area contributed by atoms with Gasteiger partial charge in [-0.3, -0.25) is 9.59 Å². The third-order valence-corrected chi connectivity index (χ3v) is 7.00. The molecule has 0 spiro atoms. The van der Waals surface area contributed by atoms with E-state index in [1.54, 1.807) is 55.6 Å². The molecule has 0 fully saturated rings. The van der Waals surface area contributed by atoms with Crippen LogP contribution in [0.15, 0.2) is 77.7 Å². The molecule has 0 aliphatic carbocycles. The number of anilines is 1. The predicted octanol–water partition coefficient (Wildman–Crippen LogP) is 2.92. The van der Waals surface area contributed by atoms with Gasteiger partial charge >= 0.3 is 0 Å². The van der Waals surface area contributed by atoms with Crippen molar-refractivity contribution in [1.82, 2.24) is 10.0 Å². The summed E-state index contributed by atoms with van der Waals surface area (Å²) in [6.45, 7) is 0.229. The van der Waals surface area contributed by atoms with E-state index in [-0.39, 0.29) is 17.3 Å². The number of methoxy groups -OCH3 is 1. The molecule has 9 heteroatoms. The van der Waals surface area contributed by atoms with Crippen molar-refractivity contribution >= 4 is 27.5 Å². The van der Waals surface area contributed by atoms with Crippen molar-refractivity contribution in [2.24, 2.45) is 0 Å². The fraction of sp³-hybridized carbons (Fsp3) is 0.200. The number of amides is 2. The molecule has 1 aliphatic rings. The van der Waals surface area contributed by atoms with Crippen LogP contribution in [-0.4, -0.2) is 27.3 Å². The molecular weight excluding hydrogens is 454 g/mol. The molecule has 3 aromatic carbocycles. The van der Waals surface area contributed by atoms with Gasteiger partial charge in [0, 0.05) is 18.7 Å². The first kappa shape index (κ1) is 23.5. The van der Waals surface area contributed by atoms with E-state index < -0.39 is 22.0 Å². The Balaban J connectivity index is 1.55. The predicted molar refractivity (Wildman–Crippen MR) is 128 cm³/mol. The Kier molecular flexibility index (Phi) is 6.95. The average Bonchev–Trinajstić information content (AvgIpc) is 2.86. The van der Waals surface area contributed by atoms with E-state index in [9.17, 15) is 18.0 Å². The summed E-state index contributed by atoms with van der Waals surface area (Å²) in [4.78, 5) is 24.7. The lowest BCUT2D eigenvalue weighted by Crippen LogP contribution is -2.40. The quantitative estimate of drug-likeness (QED) is 0.460. The lowest BCUT2D eigenvalue weighted by atomic mass is 10.0. The summed E-state index contributed by atoms with van der Waals surface area (Å²) in [5, 5.41) is 5.55. The van der Waals surface area contributed by atoms with Crippen molar-refractivity contribution in [3.8, 4) is 5.75 Å². The monoisotopic (exact) mass is 479 g/mol. The molecule has 1 atom stereocenters. The van der Waals surface area contributed by atoms with Gasteiger partial charge < -0.3 is 15.4 Å². The van der Waals surface area contributed by atoms with Gasteiger partial charge in [0.1, 0.15) is 11.8 Å². The SMILES string of the molecule is COc1ccc(CNC(=O)[C@@H](NS(=O)(=O)c2ccc3c(c2)CCC(=O)N3)c2ccccc2)cc1. The smallest absolute Gasteiger partial charge is 0.243 e. The van der Waals surface area contributed by atoms with E-state index in [1.807, 2.05) is 12.1 Å². The largest absolute Gasteiger partial charge is 0.497 e. The molecule has 8 nitrogen and oxygen atoms in total. The van der Waals surface area contributed by atoms with Gasteiger partial charge in [0.05, 0.1) is 12.0 Å². The maximum Gasteiger partial charge on any atom is 0.243 e. The number of nitrogens with one attached hydrogen (secondary N) is 3. The molecule has 2 amide bonds. The summed E-state index contributed by atoms with van der Waals surface area (Å²) in [6.07, 6.45) is 0.749. The van der Waals surface area contributed by atoms with E-state index in [2.05, 4.69) is 15.4 Å². The van der Waals surface area contributed by atoms with E-state index >= 15 is 0 Å². The van der Waals surface area contributed by atoms with Gasteiger partial charge in [-0.2, -0.15) is 4.72 Å². The maximum atomic E-state index is 13.2. The topological polar surface area (TPSA) is 114 Å². The molecule has 0 aromatic heterocycles. The van der Waals surface area contributed by atoms with Crippen LogP contribution in [0, 0.1) is 0 Å². The van der Waals surface area contributed by atoms with Crippen molar-refractivity contribution in [3.05, 3.63) is 89.5 Å². The first-order valence-electron chi connectivity index (χ1n) is 10.8. The lowest BCUT2D eigenvalue weighted by molar-refractivity contribution is -0.123. The summed E-state index contributed by atoms with van der Waals surface area (Å²) in [5.74, 6) is 0.129. The fourth-order valence-corrected chi connectivity index (χ4v) is 4.94. The second kappa shape index (κ2) is 10.1. The van der Waals surface area contributed by atoms with Crippen LogP contribution in [-0.2, 0) is 32.6 Å². The summed E-state index contributed by atoms with van der Waals surface area (Å²) in [7, 11) is -2.46. The van der Waals surface area contributed by atoms with Crippen LogP contribution in [0.4, 0.5) is 5.69 Å². The fourth-order valence-electron chi connectivity index (χ4n) is 3.70. The highest BCUT2D eigenvalue weighted by Gasteiger charge is 2.28. The van der Waals surface area contributed by atoms with Crippen LogP contribution < -0.4 is 20.1 Å². The molecule has 1 aliphatic heterocycles. The van der Waals surface area contributed by atoms with Crippen LogP contribution in [0.1, 0.15) is 29.2 Å². The minimum absolute atomic E-state index is 0.0336. The zero-order valence-electron chi connectivity index (χ0n) is 18.6. The summed E-state index contributed by atoms with van der Waals surface area (Å²) < 4.78 is 34.1. The van der Waals surface area contributed by atoms with Crippen LogP contribution >= 0.6 is 0 Å². The first-order valence-corrected chi connectivity index (χ1v) is 12.2. The molecule has 0 unspecified atom stereocenters. The highest BCUT2D eigenvalue weighted by molar-refractivity contribution is 7.89. The van der Waals surface area contributed by atoms with Crippen LogP contribution in [0.5, 0.6) is 5.75 Å². The Morgan fingerprint density at radius 1 is 1.03 bits per heavy atom. The molecule has 176 valence electrons. The van der Waals surface area contributed by atoms with Crippen LogP contribution in [0.25, 0.3) is 0 Å². The van der Waals surface area contributed by atoms with Gasteiger partial charge in [-0.1, -0.05) is 42.5 Å². The minimum atomic E-state index is -4.03. The number of ether oxygens (including phenoxy) is 1. The number of hydrogen-bond donors (Lipinski definition) is 3. The van der Waals surface area contributed by atoms with E-state index in [0.717, 1.165) is 11.1 Å². The Morgan fingerprint density at radius 2 is 1.76 bits per heavy atom. The summed E-state index contributed by atoms with van der Waals surface area (Å²) >= 11 is 0. The number of aryl methyl sites for hydroxylation is 1. The van der Waals surface area contributed by atoms with Crippen molar-refractivity contribution in [2.45, 2.75) is 30.3 Å². The number of carbonyl (C=O) groups is 2. The number of benzene rings is 3. The third kappa shape index (κ3) is 5.44. The van der Waals surface area contributed by atoms with Gasteiger partial charge in [-0.05, 0) is 53.4 Å². The Bertz CT molecular complexity index is 1290. The number of hydrogen-bond acceptors (Lipinski definition) is 5. The zero-order valence-corrected chi connectivity index (χ0v) is 19.4. The molecule has 0 saturated heterocycles. The first-order chi connectivity index (χ1) is 16.4. The highest BCUT2D eigenvalue weighted by atomic mass is 32.2. The number of rotatable bonds is 8. The normalized spacial score (nSPS) is 14.0. The van der Waals surface area contributed by atoms with E-state index in [1.165, 1.54) is 12.1 Å². The Labute approximate surface area is 198 Å².